The van der Waals surface area contributed by atoms with Crippen molar-refractivity contribution < 1.29 is 4.74 Å². The normalized spacial score (nSPS) is 10.2. The van der Waals surface area contributed by atoms with E-state index >= 15 is 0 Å². The van der Waals surface area contributed by atoms with Gasteiger partial charge in [-0.2, -0.15) is 0 Å². The monoisotopic (exact) mass is 166 g/mol. The number of hydrogen-bond acceptors (Lipinski definition) is 3. The van der Waals surface area contributed by atoms with Crippen LogP contribution in [0.4, 0.5) is 5.69 Å². The zero-order chi connectivity index (χ0) is 8.97. The molecular formula is C9H14N2O. The van der Waals surface area contributed by atoms with E-state index in [1.54, 1.807) is 0 Å². The van der Waals surface area contributed by atoms with Crippen molar-refractivity contribution in [3.8, 4) is 0 Å². The Labute approximate surface area is 72.3 Å². The molecule has 3 nitrogen and oxygen atoms in total. The fraction of sp³-hybridized carbons (Fsp3) is 0.333. The van der Waals surface area contributed by atoms with Gasteiger partial charge in [0.15, 0.2) is 0 Å². The maximum Gasteiger partial charge on any atom is 0.0944 e. The third-order valence-electron chi connectivity index (χ3n) is 1.68. The van der Waals surface area contributed by atoms with Gasteiger partial charge in [-0.15, -0.1) is 0 Å². The minimum atomic E-state index is 0.229. The third kappa shape index (κ3) is 2.22. The van der Waals surface area contributed by atoms with E-state index in [1.807, 2.05) is 25.1 Å². The van der Waals surface area contributed by atoms with Crippen LogP contribution in [-0.4, -0.2) is 6.73 Å². The first-order valence-electron chi connectivity index (χ1n) is 3.87. The molecular weight excluding hydrogens is 152 g/mol. The summed E-state index contributed by atoms with van der Waals surface area (Å²) in [5.41, 5.74) is 13.8. The summed E-state index contributed by atoms with van der Waals surface area (Å²) in [5, 5.41) is 0. The quantitative estimate of drug-likeness (QED) is 0.520. The lowest BCUT2D eigenvalue weighted by molar-refractivity contribution is 0.128. The highest BCUT2D eigenvalue weighted by molar-refractivity contribution is 5.48. The van der Waals surface area contributed by atoms with E-state index in [0.717, 1.165) is 16.8 Å². The maximum atomic E-state index is 5.74. The Hall–Kier alpha value is -1.06. The van der Waals surface area contributed by atoms with Gasteiger partial charge in [0.1, 0.15) is 0 Å². The van der Waals surface area contributed by atoms with Crippen LogP contribution in [0, 0.1) is 6.92 Å². The van der Waals surface area contributed by atoms with Crippen LogP contribution in [0.25, 0.3) is 0 Å². The number of benzene rings is 1. The van der Waals surface area contributed by atoms with Crippen LogP contribution in [0.2, 0.25) is 0 Å². The van der Waals surface area contributed by atoms with Gasteiger partial charge in [-0.05, 0) is 18.6 Å². The third-order valence-corrected chi connectivity index (χ3v) is 1.68. The summed E-state index contributed by atoms with van der Waals surface area (Å²) in [6.45, 7) is 2.72. The van der Waals surface area contributed by atoms with Gasteiger partial charge in [-0.1, -0.05) is 12.1 Å². The van der Waals surface area contributed by atoms with E-state index in [-0.39, 0.29) is 6.73 Å². The first kappa shape index (κ1) is 9.03. The second kappa shape index (κ2) is 4.09. The molecule has 1 aromatic rings. The summed E-state index contributed by atoms with van der Waals surface area (Å²) >= 11 is 0. The van der Waals surface area contributed by atoms with Crippen LogP contribution in [0.3, 0.4) is 0 Å². The second-order valence-electron chi connectivity index (χ2n) is 2.72. The minimum absolute atomic E-state index is 0.229. The lowest BCUT2D eigenvalue weighted by Gasteiger charge is -2.05. The summed E-state index contributed by atoms with van der Waals surface area (Å²) < 4.78 is 5.04. The highest BCUT2D eigenvalue weighted by atomic mass is 16.5. The second-order valence-corrected chi connectivity index (χ2v) is 2.72. The lowest BCUT2D eigenvalue weighted by Crippen LogP contribution is -2.05. The van der Waals surface area contributed by atoms with Crippen LogP contribution in [-0.2, 0) is 11.3 Å². The molecule has 66 valence electrons. The van der Waals surface area contributed by atoms with Crippen molar-refractivity contribution in [1.29, 1.82) is 0 Å². The van der Waals surface area contributed by atoms with Gasteiger partial charge < -0.3 is 16.2 Å². The molecule has 1 rings (SSSR count). The predicted molar refractivity (Wildman–Crippen MR) is 49.4 cm³/mol. The summed E-state index contributed by atoms with van der Waals surface area (Å²) in [6, 6.07) is 5.89. The van der Waals surface area contributed by atoms with Crippen molar-refractivity contribution in [2.24, 2.45) is 5.73 Å². The number of anilines is 1. The van der Waals surface area contributed by atoms with Crippen molar-refractivity contribution in [1.82, 2.24) is 0 Å². The van der Waals surface area contributed by atoms with Gasteiger partial charge in [0.05, 0.1) is 13.3 Å². The van der Waals surface area contributed by atoms with Crippen molar-refractivity contribution in [3.63, 3.8) is 0 Å². The minimum Gasteiger partial charge on any atom is -0.398 e. The molecule has 0 heterocycles. The molecule has 4 N–H and O–H groups in total. The van der Waals surface area contributed by atoms with Gasteiger partial charge in [0.2, 0.25) is 0 Å². The molecule has 0 aromatic heterocycles. The fourth-order valence-corrected chi connectivity index (χ4v) is 1.01. The molecule has 0 saturated heterocycles. The van der Waals surface area contributed by atoms with Gasteiger partial charge in [0, 0.05) is 11.3 Å². The number of ether oxygens (including phenoxy) is 1. The zero-order valence-corrected chi connectivity index (χ0v) is 7.21. The summed E-state index contributed by atoms with van der Waals surface area (Å²) in [5.74, 6) is 0. The Morgan fingerprint density at radius 2 is 2.17 bits per heavy atom. The first-order chi connectivity index (χ1) is 5.74. The first-order valence-corrected chi connectivity index (χ1v) is 3.87. The molecule has 12 heavy (non-hydrogen) atoms. The van der Waals surface area contributed by atoms with Crippen LogP contribution in [0.5, 0.6) is 0 Å². The molecule has 0 saturated carbocycles. The van der Waals surface area contributed by atoms with E-state index in [4.69, 9.17) is 16.2 Å². The summed E-state index contributed by atoms with van der Waals surface area (Å²) in [4.78, 5) is 0. The Morgan fingerprint density at radius 1 is 1.42 bits per heavy atom. The van der Waals surface area contributed by atoms with Crippen LogP contribution in [0.15, 0.2) is 18.2 Å². The molecule has 0 radical (unpaired) electrons. The fourth-order valence-electron chi connectivity index (χ4n) is 1.01. The van der Waals surface area contributed by atoms with Crippen molar-refractivity contribution in [2.45, 2.75) is 13.5 Å². The molecule has 0 amide bonds. The predicted octanol–water partition coefficient (Wildman–Crippen LogP) is 1.01. The molecule has 0 aliphatic rings. The summed E-state index contributed by atoms with van der Waals surface area (Å²) in [7, 11) is 0. The largest absolute Gasteiger partial charge is 0.398 e. The van der Waals surface area contributed by atoms with Crippen LogP contribution in [0.1, 0.15) is 11.1 Å². The highest BCUT2D eigenvalue weighted by Gasteiger charge is 1.97. The van der Waals surface area contributed by atoms with Gasteiger partial charge >= 0.3 is 0 Å². The lowest BCUT2D eigenvalue weighted by atomic mass is 10.1. The van der Waals surface area contributed by atoms with Gasteiger partial charge in [0.25, 0.3) is 0 Å². The number of aryl methyl sites for hydroxylation is 1. The molecule has 0 atom stereocenters. The topological polar surface area (TPSA) is 61.3 Å². The number of hydrogen-bond donors (Lipinski definition) is 2. The SMILES string of the molecule is Cc1ccc(COCN)c(N)c1. The Balaban J connectivity index is 2.72. The Morgan fingerprint density at radius 3 is 2.75 bits per heavy atom. The number of rotatable bonds is 3. The number of nitrogen functional groups attached to an aromatic ring is 1. The molecule has 3 heteroatoms. The van der Waals surface area contributed by atoms with E-state index in [9.17, 15) is 0 Å². The zero-order valence-electron chi connectivity index (χ0n) is 7.21. The average molecular weight is 166 g/mol. The van der Waals surface area contributed by atoms with Crippen LogP contribution < -0.4 is 11.5 Å². The van der Waals surface area contributed by atoms with Gasteiger partial charge in [-0.25, -0.2) is 0 Å². The van der Waals surface area contributed by atoms with E-state index in [2.05, 4.69) is 0 Å². The van der Waals surface area contributed by atoms with Gasteiger partial charge in [-0.3, -0.25) is 0 Å². The molecule has 0 bridgehead atoms. The molecule has 1 aromatic carbocycles. The highest BCUT2D eigenvalue weighted by Crippen LogP contribution is 2.14. The van der Waals surface area contributed by atoms with E-state index in [1.165, 1.54) is 0 Å². The average Bonchev–Trinajstić information content (AvgIpc) is 2.03. The maximum absolute atomic E-state index is 5.74. The summed E-state index contributed by atoms with van der Waals surface area (Å²) in [6.07, 6.45) is 0. The smallest absolute Gasteiger partial charge is 0.0944 e. The number of nitrogens with two attached hydrogens (primary N) is 2. The Kier molecular flexibility index (Phi) is 3.08. The molecule has 0 unspecified atom stereocenters. The molecule has 0 spiro atoms. The molecule has 0 aliphatic carbocycles. The van der Waals surface area contributed by atoms with E-state index < -0.39 is 0 Å². The van der Waals surface area contributed by atoms with E-state index in [0.29, 0.717) is 6.61 Å². The standard InChI is InChI=1S/C9H14N2O/c1-7-2-3-8(5-12-6-10)9(11)4-7/h2-4H,5-6,10-11H2,1H3. The Bertz CT molecular complexity index is 261. The van der Waals surface area contributed by atoms with Crippen molar-refractivity contribution in [2.75, 3.05) is 12.5 Å². The van der Waals surface area contributed by atoms with Crippen LogP contribution >= 0.6 is 0 Å². The van der Waals surface area contributed by atoms with Crippen molar-refractivity contribution in [3.05, 3.63) is 29.3 Å². The molecule has 0 aliphatic heterocycles. The van der Waals surface area contributed by atoms with Crippen molar-refractivity contribution >= 4 is 5.69 Å². The molecule has 0 fully saturated rings.